The maximum atomic E-state index is 13.1. The molecule has 0 radical (unpaired) electrons. The van der Waals surface area contributed by atoms with Gasteiger partial charge >= 0.3 is 0 Å². The van der Waals surface area contributed by atoms with Crippen molar-refractivity contribution >= 4 is 22.0 Å². The maximum absolute atomic E-state index is 13.1. The molecule has 1 fully saturated rings. The molecule has 7 heteroatoms. The molecule has 0 saturated carbocycles. The molecule has 0 N–H and O–H groups in total. The average molecular weight is 354 g/mol. The summed E-state index contributed by atoms with van der Waals surface area (Å²) in [5.74, 6) is -0.481. The Hall–Kier alpha value is -1.73. The lowest BCUT2D eigenvalue weighted by atomic mass is 10.0. The topological polar surface area (TPSA) is 57.7 Å². The van der Waals surface area contributed by atoms with E-state index in [2.05, 4.69) is 0 Å². The molecular formula is C17H23FN2O3S. The van der Waals surface area contributed by atoms with Crippen molar-refractivity contribution in [3.63, 3.8) is 0 Å². The number of nitrogens with zero attached hydrogens (tertiary/aromatic N) is 2. The summed E-state index contributed by atoms with van der Waals surface area (Å²) >= 11 is 0. The molecule has 1 aliphatic heterocycles. The Morgan fingerprint density at radius 1 is 1.38 bits per heavy atom. The first kappa shape index (κ1) is 18.6. The quantitative estimate of drug-likeness (QED) is 0.761. The summed E-state index contributed by atoms with van der Waals surface area (Å²) in [7, 11) is -3.22. The zero-order valence-electron chi connectivity index (χ0n) is 14.0. The first-order chi connectivity index (χ1) is 11.3. The number of carbonyl (C=O) groups is 1. The molecule has 1 saturated heterocycles. The van der Waals surface area contributed by atoms with E-state index in [1.165, 1.54) is 28.8 Å². The van der Waals surface area contributed by atoms with Crippen molar-refractivity contribution in [1.82, 2.24) is 9.21 Å². The number of hydrogen-bond acceptors (Lipinski definition) is 3. The van der Waals surface area contributed by atoms with Crippen molar-refractivity contribution < 1.29 is 17.6 Å². The number of halogens is 1. The van der Waals surface area contributed by atoms with E-state index in [1.54, 1.807) is 23.1 Å². The van der Waals surface area contributed by atoms with Gasteiger partial charge in [-0.1, -0.05) is 19.1 Å². The highest BCUT2D eigenvalue weighted by Crippen LogP contribution is 2.19. The predicted molar refractivity (Wildman–Crippen MR) is 92.3 cm³/mol. The Kier molecular flexibility index (Phi) is 6.12. The smallest absolute Gasteiger partial charge is 0.246 e. The fourth-order valence-electron chi connectivity index (χ4n) is 3.02. The first-order valence-electron chi connectivity index (χ1n) is 8.00. The van der Waals surface area contributed by atoms with Gasteiger partial charge in [-0.05, 0) is 36.6 Å². The van der Waals surface area contributed by atoms with Gasteiger partial charge in [-0.3, -0.25) is 4.79 Å². The van der Waals surface area contributed by atoms with Crippen molar-refractivity contribution in [1.29, 1.82) is 0 Å². The predicted octanol–water partition coefficient (Wildman–Crippen LogP) is 2.11. The second kappa shape index (κ2) is 7.90. The van der Waals surface area contributed by atoms with Gasteiger partial charge in [0.05, 0.1) is 6.26 Å². The van der Waals surface area contributed by atoms with E-state index in [1.807, 2.05) is 6.92 Å². The molecule has 24 heavy (non-hydrogen) atoms. The third-order valence-corrected chi connectivity index (χ3v) is 5.60. The highest BCUT2D eigenvalue weighted by Gasteiger charge is 2.29. The van der Waals surface area contributed by atoms with Crippen LogP contribution in [0.2, 0.25) is 0 Å². The minimum atomic E-state index is -3.22. The SMILES string of the molecule is CCN(C1CCN(C(=O)/C=C/c2cccc(F)c2)CC1)S(C)(=O)=O. The number of hydrogen-bond donors (Lipinski definition) is 0. The minimum absolute atomic E-state index is 0.0544. The third-order valence-electron chi connectivity index (χ3n) is 4.19. The Morgan fingerprint density at radius 2 is 2.04 bits per heavy atom. The lowest BCUT2D eigenvalue weighted by Crippen LogP contribution is -2.48. The van der Waals surface area contributed by atoms with Crippen molar-refractivity contribution in [2.24, 2.45) is 0 Å². The Labute approximate surface area is 142 Å². The van der Waals surface area contributed by atoms with Gasteiger partial charge in [-0.25, -0.2) is 12.8 Å². The van der Waals surface area contributed by atoms with Crippen LogP contribution in [0.3, 0.4) is 0 Å². The maximum Gasteiger partial charge on any atom is 0.246 e. The number of benzene rings is 1. The third kappa shape index (κ3) is 4.88. The minimum Gasteiger partial charge on any atom is -0.339 e. The van der Waals surface area contributed by atoms with Crippen LogP contribution in [0.25, 0.3) is 6.08 Å². The fourth-order valence-corrected chi connectivity index (χ4v) is 4.24. The van der Waals surface area contributed by atoms with Crippen molar-refractivity contribution in [2.75, 3.05) is 25.9 Å². The zero-order valence-corrected chi connectivity index (χ0v) is 14.8. The highest BCUT2D eigenvalue weighted by atomic mass is 32.2. The van der Waals surface area contributed by atoms with E-state index >= 15 is 0 Å². The van der Waals surface area contributed by atoms with Gasteiger partial charge in [-0.15, -0.1) is 0 Å². The van der Waals surface area contributed by atoms with E-state index in [0.717, 1.165) is 0 Å². The van der Waals surface area contributed by atoms with E-state index in [-0.39, 0.29) is 17.8 Å². The Bertz CT molecular complexity index is 710. The van der Waals surface area contributed by atoms with Crippen LogP contribution in [0.15, 0.2) is 30.3 Å². The van der Waals surface area contributed by atoms with Gasteiger partial charge in [0.15, 0.2) is 0 Å². The molecule has 5 nitrogen and oxygen atoms in total. The van der Waals surface area contributed by atoms with Gasteiger partial charge in [0, 0.05) is 31.8 Å². The molecule has 2 rings (SSSR count). The van der Waals surface area contributed by atoms with Crippen molar-refractivity contribution in [3.8, 4) is 0 Å². The fraction of sp³-hybridized carbons (Fsp3) is 0.471. The first-order valence-corrected chi connectivity index (χ1v) is 9.85. The van der Waals surface area contributed by atoms with Crippen molar-refractivity contribution in [3.05, 3.63) is 41.7 Å². The molecule has 1 aliphatic rings. The monoisotopic (exact) mass is 354 g/mol. The molecule has 0 atom stereocenters. The van der Waals surface area contributed by atoms with Crippen LogP contribution in [-0.2, 0) is 14.8 Å². The summed E-state index contributed by atoms with van der Waals surface area (Å²) < 4.78 is 38.1. The van der Waals surface area contributed by atoms with Crippen LogP contribution in [0.4, 0.5) is 4.39 Å². The summed E-state index contributed by atoms with van der Waals surface area (Å²) in [5, 5.41) is 0. The van der Waals surface area contributed by atoms with Crippen LogP contribution in [0.5, 0.6) is 0 Å². The molecule has 0 spiro atoms. The van der Waals surface area contributed by atoms with Crippen LogP contribution in [0.1, 0.15) is 25.3 Å². The summed E-state index contributed by atoms with van der Waals surface area (Å²) in [5.41, 5.74) is 0.632. The number of amides is 1. The molecule has 0 aliphatic carbocycles. The van der Waals surface area contributed by atoms with Gasteiger partial charge < -0.3 is 4.90 Å². The van der Waals surface area contributed by atoms with Crippen LogP contribution in [-0.4, -0.2) is 55.5 Å². The molecule has 1 aromatic carbocycles. The number of sulfonamides is 1. The van der Waals surface area contributed by atoms with Gasteiger partial charge in [0.25, 0.3) is 0 Å². The summed E-state index contributed by atoms with van der Waals surface area (Å²) in [6.07, 6.45) is 5.49. The van der Waals surface area contributed by atoms with Crippen LogP contribution >= 0.6 is 0 Å². The van der Waals surface area contributed by atoms with E-state index in [9.17, 15) is 17.6 Å². The lowest BCUT2D eigenvalue weighted by Gasteiger charge is -2.36. The average Bonchev–Trinajstić information content (AvgIpc) is 2.53. The number of rotatable bonds is 5. The van der Waals surface area contributed by atoms with Crippen molar-refractivity contribution in [2.45, 2.75) is 25.8 Å². The second-order valence-electron chi connectivity index (χ2n) is 5.91. The number of likely N-dealkylation sites (tertiary alicyclic amines) is 1. The molecule has 132 valence electrons. The summed E-state index contributed by atoms with van der Waals surface area (Å²) in [4.78, 5) is 13.9. The van der Waals surface area contributed by atoms with E-state index in [4.69, 9.17) is 0 Å². The lowest BCUT2D eigenvalue weighted by molar-refractivity contribution is -0.127. The molecule has 0 aromatic heterocycles. The largest absolute Gasteiger partial charge is 0.339 e. The molecule has 1 amide bonds. The molecular weight excluding hydrogens is 331 g/mol. The van der Waals surface area contributed by atoms with Crippen LogP contribution in [0, 0.1) is 5.82 Å². The van der Waals surface area contributed by atoms with Gasteiger partial charge in [0.1, 0.15) is 5.82 Å². The molecule has 1 aromatic rings. The Balaban J connectivity index is 1.93. The van der Waals surface area contributed by atoms with E-state index in [0.29, 0.717) is 38.0 Å². The molecule has 1 heterocycles. The number of piperidine rings is 1. The normalized spacial score (nSPS) is 16.9. The zero-order chi connectivity index (χ0) is 17.7. The van der Waals surface area contributed by atoms with Crippen LogP contribution < -0.4 is 0 Å². The molecule has 0 unspecified atom stereocenters. The Morgan fingerprint density at radius 3 is 2.58 bits per heavy atom. The summed E-state index contributed by atoms with van der Waals surface area (Å²) in [6.45, 7) is 3.29. The standard InChI is InChI=1S/C17H23FN2O3S/c1-3-20(24(2,22)23)16-9-11-19(12-10-16)17(21)8-7-14-5-4-6-15(18)13-14/h4-8,13,16H,3,9-12H2,1-2H3/b8-7+. The summed E-state index contributed by atoms with van der Waals surface area (Å²) in [6, 6.07) is 5.98. The number of carbonyl (C=O) groups excluding carboxylic acids is 1. The molecule has 0 bridgehead atoms. The van der Waals surface area contributed by atoms with Gasteiger partial charge in [-0.2, -0.15) is 4.31 Å². The van der Waals surface area contributed by atoms with E-state index < -0.39 is 10.0 Å². The highest BCUT2D eigenvalue weighted by molar-refractivity contribution is 7.88. The second-order valence-corrected chi connectivity index (χ2v) is 7.85. The van der Waals surface area contributed by atoms with Gasteiger partial charge in [0.2, 0.25) is 15.9 Å².